The number of nitrogens with zero attached hydrogens (tertiary/aromatic N) is 2. The number of hydrogen-bond acceptors (Lipinski definition) is 4. The minimum atomic E-state index is -3.83. The molecule has 126 valence electrons. The Hall–Kier alpha value is -1.89. The summed E-state index contributed by atoms with van der Waals surface area (Å²) >= 11 is 6.02. The van der Waals surface area contributed by atoms with E-state index in [2.05, 4.69) is 0 Å². The molecule has 2 aromatic rings. The Labute approximate surface area is 146 Å². The van der Waals surface area contributed by atoms with E-state index >= 15 is 0 Å². The number of anilines is 1. The van der Waals surface area contributed by atoms with Crippen molar-refractivity contribution < 1.29 is 13.2 Å². The second kappa shape index (κ2) is 6.20. The van der Waals surface area contributed by atoms with Gasteiger partial charge in [0.25, 0.3) is 5.91 Å². The Morgan fingerprint density at radius 2 is 1.79 bits per heavy atom. The predicted molar refractivity (Wildman–Crippen MR) is 93.6 cm³/mol. The van der Waals surface area contributed by atoms with Crippen molar-refractivity contribution in [2.45, 2.75) is 9.79 Å². The lowest BCUT2D eigenvalue weighted by atomic mass is 10.1. The summed E-state index contributed by atoms with van der Waals surface area (Å²) < 4.78 is 26.1. The van der Waals surface area contributed by atoms with Crippen LogP contribution < -0.4 is 4.90 Å². The van der Waals surface area contributed by atoms with Gasteiger partial charge in [0.05, 0.1) is 21.0 Å². The fourth-order valence-corrected chi connectivity index (χ4v) is 4.61. The highest BCUT2D eigenvalue weighted by Gasteiger charge is 2.35. The number of rotatable bonds is 3. The molecule has 0 radical (unpaired) electrons. The van der Waals surface area contributed by atoms with Crippen molar-refractivity contribution in [3.63, 3.8) is 0 Å². The molecule has 0 aliphatic carbocycles. The Balaban J connectivity index is 2.28. The van der Waals surface area contributed by atoms with Gasteiger partial charge in [0.15, 0.2) is 0 Å². The zero-order valence-corrected chi connectivity index (χ0v) is 14.9. The number of fused-ring (bicyclic) bond motifs is 2. The first-order valence-corrected chi connectivity index (χ1v) is 9.29. The van der Waals surface area contributed by atoms with Crippen LogP contribution in [0.4, 0.5) is 5.69 Å². The number of likely N-dealkylation sites (N-methyl/N-ethyl adjacent to an activating group) is 1. The summed E-state index contributed by atoms with van der Waals surface area (Å²) in [4.78, 5) is 16.5. The molecule has 0 saturated heterocycles. The average Bonchev–Trinajstić information content (AvgIpc) is 2.61. The van der Waals surface area contributed by atoms with E-state index in [9.17, 15) is 13.2 Å². The molecule has 3 rings (SSSR count). The van der Waals surface area contributed by atoms with Gasteiger partial charge in [0.1, 0.15) is 0 Å². The van der Waals surface area contributed by atoms with Gasteiger partial charge in [0.2, 0.25) is 9.84 Å². The summed E-state index contributed by atoms with van der Waals surface area (Å²) in [6.07, 6.45) is 0. The van der Waals surface area contributed by atoms with Gasteiger partial charge in [-0.2, -0.15) is 0 Å². The van der Waals surface area contributed by atoms with Crippen LogP contribution in [0.2, 0.25) is 5.02 Å². The van der Waals surface area contributed by atoms with E-state index in [0.717, 1.165) is 0 Å². The summed E-state index contributed by atoms with van der Waals surface area (Å²) in [5.74, 6) is -0.322. The zero-order chi connectivity index (χ0) is 17.5. The summed E-state index contributed by atoms with van der Waals surface area (Å²) in [6.45, 7) is 0.986. The van der Waals surface area contributed by atoms with Crippen LogP contribution >= 0.6 is 11.6 Å². The Morgan fingerprint density at radius 3 is 2.50 bits per heavy atom. The highest BCUT2D eigenvalue weighted by Crippen LogP contribution is 2.38. The molecule has 1 aliphatic heterocycles. The van der Waals surface area contributed by atoms with Crippen LogP contribution in [0.15, 0.2) is 52.3 Å². The lowest BCUT2D eigenvalue weighted by molar-refractivity contribution is 0.0982. The van der Waals surface area contributed by atoms with Gasteiger partial charge in [-0.05, 0) is 44.4 Å². The summed E-state index contributed by atoms with van der Waals surface area (Å²) in [5.41, 5.74) is 0.547. The highest BCUT2D eigenvalue weighted by atomic mass is 35.5. The maximum Gasteiger partial charge on any atom is 0.259 e. The third-order valence-electron chi connectivity index (χ3n) is 3.93. The molecule has 2 aromatic carbocycles. The van der Waals surface area contributed by atoms with Crippen molar-refractivity contribution in [2.75, 3.05) is 32.1 Å². The maximum absolute atomic E-state index is 13.0. The van der Waals surface area contributed by atoms with Gasteiger partial charge in [0, 0.05) is 18.1 Å². The molecule has 0 atom stereocenters. The van der Waals surface area contributed by atoms with Crippen LogP contribution in [-0.4, -0.2) is 46.4 Å². The van der Waals surface area contributed by atoms with Gasteiger partial charge in [-0.25, -0.2) is 8.42 Å². The molecular formula is C17H17ClN2O3S. The third kappa shape index (κ3) is 2.81. The molecule has 0 N–H and O–H groups in total. The molecule has 0 saturated carbocycles. The van der Waals surface area contributed by atoms with Crippen LogP contribution in [0.25, 0.3) is 0 Å². The number of benzene rings is 2. The second-order valence-corrected chi connectivity index (χ2v) is 8.19. The SMILES string of the molecule is CN(C)CCN1C(=O)c2ccccc2S(=O)(=O)c2cc(Cl)ccc21. The monoisotopic (exact) mass is 364 g/mol. The van der Waals surface area contributed by atoms with Gasteiger partial charge in [-0.15, -0.1) is 0 Å². The molecule has 24 heavy (non-hydrogen) atoms. The number of hydrogen-bond donors (Lipinski definition) is 0. The first kappa shape index (κ1) is 17.0. The van der Waals surface area contributed by atoms with Crippen LogP contribution in [-0.2, 0) is 9.84 Å². The number of carbonyl (C=O) groups excluding carboxylic acids is 1. The average molecular weight is 365 g/mol. The minimum absolute atomic E-state index is 0.0193. The van der Waals surface area contributed by atoms with Gasteiger partial charge >= 0.3 is 0 Å². The fraction of sp³-hybridized carbons (Fsp3) is 0.235. The number of amides is 1. The van der Waals surface area contributed by atoms with Crippen molar-refractivity contribution in [2.24, 2.45) is 0 Å². The largest absolute Gasteiger partial charge is 0.308 e. The minimum Gasteiger partial charge on any atom is -0.308 e. The van der Waals surface area contributed by atoms with Crippen molar-refractivity contribution in [1.29, 1.82) is 0 Å². The molecule has 0 bridgehead atoms. The quantitative estimate of drug-likeness (QED) is 0.840. The third-order valence-corrected chi connectivity index (χ3v) is 6.00. The first-order valence-electron chi connectivity index (χ1n) is 7.42. The van der Waals surface area contributed by atoms with Crippen molar-refractivity contribution in [3.8, 4) is 0 Å². The van der Waals surface area contributed by atoms with E-state index in [4.69, 9.17) is 11.6 Å². The van der Waals surface area contributed by atoms with Gasteiger partial charge in [-0.1, -0.05) is 23.7 Å². The maximum atomic E-state index is 13.0. The van der Waals surface area contributed by atoms with E-state index in [-0.39, 0.29) is 21.3 Å². The lowest BCUT2D eigenvalue weighted by Gasteiger charge is -2.24. The summed E-state index contributed by atoms with van der Waals surface area (Å²) in [5, 5.41) is 0.316. The van der Waals surface area contributed by atoms with Crippen LogP contribution in [0.1, 0.15) is 10.4 Å². The van der Waals surface area contributed by atoms with E-state index in [0.29, 0.717) is 23.8 Å². The van der Waals surface area contributed by atoms with Crippen LogP contribution in [0, 0.1) is 0 Å². The number of carbonyl (C=O) groups is 1. The van der Waals surface area contributed by atoms with E-state index in [1.807, 2.05) is 19.0 Å². The van der Waals surface area contributed by atoms with Crippen molar-refractivity contribution in [3.05, 3.63) is 53.1 Å². The molecule has 5 nitrogen and oxygen atoms in total. The second-order valence-electron chi connectivity index (χ2n) is 5.87. The summed E-state index contributed by atoms with van der Waals surface area (Å²) in [7, 11) is -0.0281. The lowest BCUT2D eigenvalue weighted by Crippen LogP contribution is -2.36. The molecule has 0 aromatic heterocycles. The van der Waals surface area contributed by atoms with Crippen molar-refractivity contribution >= 4 is 33.0 Å². The van der Waals surface area contributed by atoms with E-state index in [1.165, 1.54) is 17.0 Å². The standard InChI is InChI=1S/C17H17ClN2O3S/c1-19(2)9-10-20-14-8-7-12(18)11-16(14)24(22,23)15-6-4-3-5-13(15)17(20)21/h3-8,11H,9-10H2,1-2H3. The molecule has 1 amide bonds. The Kier molecular flexibility index (Phi) is 4.38. The summed E-state index contributed by atoms with van der Waals surface area (Å²) in [6, 6.07) is 10.9. The molecule has 1 aliphatic rings. The normalized spacial score (nSPS) is 15.8. The zero-order valence-electron chi connectivity index (χ0n) is 13.4. The van der Waals surface area contributed by atoms with E-state index in [1.54, 1.807) is 30.3 Å². The molecule has 0 spiro atoms. The molecule has 7 heteroatoms. The Bertz CT molecular complexity index is 910. The van der Waals surface area contributed by atoms with Gasteiger partial charge < -0.3 is 9.80 Å². The molecule has 1 heterocycles. The topological polar surface area (TPSA) is 57.7 Å². The number of halogens is 1. The first-order chi connectivity index (χ1) is 11.3. The molecule has 0 fully saturated rings. The predicted octanol–water partition coefficient (Wildman–Crippen LogP) is 2.69. The number of sulfone groups is 1. The van der Waals surface area contributed by atoms with Crippen LogP contribution in [0.3, 0.4) is 0 Å². The van der Waals surface area contributed by atoms with Gasteiger partial charge in [-0.3, -0.25) is 4.79 Å². The molecule has 0 unspecified atom stereocenters. The Morgan fingerprint density at radius 1 is 1.08 bits per heavy atom. The smallest absolute Gasteiger partial charge is 0.259 e. The van der Waals surface area contributed by atoms with E-state index < -0.39 is 9.84 Å². The molecular weight excluding hydrogens is 348 g/mol. The van der Waals surface area contributed by atoms with Crippen LogP contribution in [0.5, 0.6) is 0 Å². The van der Waals surface area contributed by atoms with Crippen molar-refractivity contribution in [1.82, 2.24) is 4.90 Å². The highest BCUT2D eigenvalue weighted by molar-refractivity contribution is 7.91. The fourth-order valence-electron chi connectivity index (χ4n) is 2.70.